The zero-order valence-corrected chi connectivity index (χ0v) is 15.2. The second-order valence-electron chi connectivity index (χ2n) is 7.00. The lowest BCUT2D eigenvalue weighted by molar-refractivity contribution is 1.43. The highest BCUT2D eigenvalue weighted by Gasteiger charge is 2.44. The van der Waals surface area contributed by atoms with Gasteiger partial charge in [-0.2, -0.15) is 0 Å². The van der Waals surface area contributed by atoms with Gasteiger partial charge in [-0.3, -0.25) is 0 Å². The van der Waals surface area contributed by atoms with Crippen LogP contribution in [0.25, 0.3) is 0 Å². The molecule has 0 fully saturated rings. The highest BCUT2D eigenvalue weighted by atomic mass is 32.2. The first-order valence-electron chi connectivity index (χ1n) is 8.17. The quantitative estimate of drug-likeness (QED) is 0.444. The fourth-order valence-corrected chi connectivity index (χ4v) is 8.83. The van der Waals surface area contributed by atoms with Crippen molar-refractivity contribution in [3.05, 3.63) is 66.7 Å². The Morgan fingerprint density at radius 1 is 0.696 bits per heavy atom. The second-order valence-corrected chi connectivity index (χ2v) is 12.4. The van der Waals surface area contributed by atoms with Crippen molar-refractivity contribution in [3.63, 3.8) is 0 Å². The van der Waals surface area contributed by atoms with Gasteiger partial charge < -0.3 is 0 Å². The van der Waals surface area contributed by atoms with Crippen LogP contribution in [0.5, 0.6) is 0 Å². The van der Waals surface area contributed by atoms with Gasteiger partial charge in [0, 0.05) is 9.79 Å². The molecule has 0 aliphatic carbocycles. The lowest BCUT2D eigenvalue weighted by Crippen LogP contribution is -2.77. The van der Waals surface area contributed by atoms with Gasteiger partial charge in [-0.05, 0) is 12.1 Å². The molecule has 0 bridgehead atoms. The van der Waals surface area contributed by atoms with E-state index in [9.17, 15) is 0 Å². The normalized spacial score (nSPS) is 16.3. The summed E-state index contributed by atoms with van der Waals surface area (Å²) in [6, 6.07) is 25.1. The van der Waals surface area contributed by atoms with E-state index in [0.29, 0.717) is 6.71 Å². The summed E-state index contributed by atoms with van der Waals surface area (Å²) in [5.74, 6) is 0. The maximum Gasteiger partial charge on any atom is 0.243 e. The molecule has 0 saturated heterocycles. The zero-order chi connectivity index (χ0) is 15.6. The fourth-order valence-electron chi connectivity index (χ4n) is 4.35. The summed E-state index contributed by atoms with van der Waals surface area (Å²) in [6.07, 6.45) is 0. The van der Waals surface area contributed by atoms with Crippen molar-refractivity contribution in [1.29, 1.82) is 0 Å². The van der Waals surface area contributed by atoms with Crippen LogP contribution in [0, 0.1) is 0 Å². The molecule has 3 aromatic carbocycles. The molecule has 0 nitrogen and oxygen atoms in total. The minimum atomic E-state index is -1.62. The van der Waals surface area contributed by atoms with E-state index >= 15 is 0 Å². The molecule has 5 rings (SSSR count). The van der Waals surface area contributed by atoms with Crippen LogP contribution in [0.1, 0.15) is 0 Å². The van der Waals surface area contributed by atoms with E-state index in [0.717, 1.165) is 0 Å². The van der Waals surface area contributed by atoms with Gasteiger partial charge in [0.25, 0.3) is 0 Å². The van der Waals surface area contributed by atoms with Gasteiger partial charge in [0.05, 0.1) is 0 Å². The van der Waals surface area contributed by atoms with Crippen LogP contribution >= 0.6 is 11.8 Å². The number of rotatable bonds is 0. The molecule has 0 atom stereocenters. The number of hydrogen-bond donors (Lipinski definition) is 0. The monoisotopic (exact) mass is 328 g/mol. The standard InChI is InChI=1S/C20H17BSSi/c1-23(2)18-12-6-4-9-15(18)21-14-8-3-5-10-16(14)22-17-11-7-13-19(23)20(17)21/h3-13H,1-2H3. The molecule has 3 aromatic rings. The fraction of sp³-hybridized carbons (Fsp3) is 0.100. The van der Waals surface area contributed by atoms with Crippen molar-refractivity contribution >= 4 is 53.3 Å². The molecule has 3 heteroatoms. The molecule has 0 spiro atoms. The van der Waals surface area contributed by atoms with E-state index in [-0.39, 0.29) is 0 Å². The van der Waals surface area contributed by atoms with E-state index in [2.05, 4.69) is 79.8 Å². The molecule has 2 heterocycles. The van der Waals surface area contributed by atoms with Crippen LogP contribution in [0.2, 0.25) is 13.1 Å². The van der Waals surface area contributed by atoms with Crippen LogP contribution in [0.15, 0.2) is 76.5 Å². The van der Waals surface area contributed by atoms with E-state index in [1.165, 1.54) is 20.7 Å². The number of hydrogen-bond acceptors (Lipinski definition) is 1. The molecule has 0 unspecified atom stereocenters. The maximum atomic E-state index is 2.50. The van der Waals surface area contributed by atoms with Gasteiger partial charge >= 0.3 is 0 Å². The Morgan fingerprint density at radius 3 is 2.22 bits per heavy atom. The van der Waals surface area contributed by atoms with Crippen molar-refractivity contribution < 1.29 is 0 Å². The Hall–Kier alpha value is -1.71. The van der Waals surface area contributed by atoms with Crippen LogP contribution in [-0.4, -0.2) is 14.8 Å². The van der Waals surface area contributed by atoms with E-state index in [1.807, 2.05) is 11.8 Å². The summed E-state index contributed by atoms with van der Waals surface area (Å²) < 4.78 is 0. The number of fused-ring (bicyclic) bond motifs is 4. The minimum absolute atomic E-state index is 0.412. The summed E-state index contributed by atoms with van der Waals surface area (Å²) in [7, 11) is -1.62. The third kappa shape index (κ3) is 1.75. The number of benzene rings is 3. The summed E-state index contributed by atoms with van der Waals surface area (Å²) in [6.45, 7) is 5.42. The van der Waals surface area contributed by atoms with E-state index < -0.39 is 8.07 Å². The molecule has 2 aliphatic heterocycles. The topological polar surface area (TPSA) is 0 Å². The molecule has 0 N–H and O–H groups in total. The third-order valence-electron chi connectivity index (χ3n) is 5.42. The van der Waals surface area contributed by atoms with Gasteiger partial charge in [0.1, 0.15) is 8.07 Å². The summed E-state index contributed by atoms with van der Waals surface area (Å²) >= 11 is 1.95. The predicted molar refractivity (Wildman–Crippen MR) is 105 cm³/mol. The van der Waals surface area contributed by atoms with Crippen LogP contribution in [0.4, 0.5) is 0 Å². The lowest BCUT2D eigenvalue weighted by atomic mass is 9.36. The second kappa shape index (κ2) is 4.65. The smallest absolute Gasteiger partial charge is 0.0912 e. The van der Waals surface area contributed by atoms with Crippen LogP contribution in [0.3, 0.4) is 0 Å². The van der Waals surface area contributed by atoms with Gasteiger partial charge in [-0.15, -0.1) is 0 Å². The van der Waals surface area contributed by atoms with Gasteiger partial charge in [-0.1, -0.05) is 106 Å². The summed E-state index contributed by atoms with van der Waals surface area (Å²) in [5.41, 5.74) is 4.61. The molecule has 23 heavy (non-hydrogen) atoms. The zero-order valence-electron chi connectivity index (χ0n) is 13.3. The average molecular weight is 328 g/mol. The SMILES string of the molecule is C[Si]1(C)c2ccccc2B2c3ccccc3Sc3cccc1c32. The van der Waals surface area contributed by atoms with Crippen molar-refractivity contribution in [1.82, 2.24) is 0 Å². The van der Waals surface area contributed by atoms with Gasteiger partial charge in [0.15, 0.2) is 0 Å². The Bertz CT molecular complexity index is 948. The Morgan fingerprint density at radius 2 is 1.35 bits per heavy atom. The molecular formula is C20H17BSSi. The molecule has 0 radical (unpaired) electrons. The minimum Gasteiger partial charge on any atom is -0.0912 e. The van der Waals surface area contributed by atoms with Crippen molar-refractivity contribution in [2.75, 3.05) is 0 Å². The third-order valence-corrected chi connectivity index (χ3v) is 10.2. The Labute approximate surface area is 143 Å². The highest BCUT2D eigenvalue weighted by Crippen LogP contribution is 2.30. The largest absolute Gasteiger partial charge is 0.243 e. The van der Waals surface area contributed by atoms with Crippen molar-refractivity contribution in [2.24, 2.45) is 0 Å². The highest BCUT2D eigenvalue weighted by molar-refractivity contribution is 8.00. The van der Waals surface area contributed by atoms with E-state index in [4.69, 9.17) is 0 Å². The average Bonchev–Trinajstić information content (AvgIpc) is 2.58. The Balaban J connectivity index is 1.92. The molecule has 0 aromatic heterocycles. The molecule has 2 aliphatic rings. The van der Waals surface area contributed by atoms with Gasteiger partial charge in [0.2, 0.25) is 6.71 Å². The lowest BCUT2D eigenvalue weighted by Gasteiger charge is -2.40. The molecule has 0 saturated carbocycles. The van der Waals surface area contributed by atoms with E-state index in [1.54, 1.807) is 15.8 Å². The summed E-state index contributed by atoms with van der Waals surface area (Å²) in [5, 5.41) is 3.23. The van der Waals surface area contributed by atoms with Crippen molar-refractivity contribution in [3.8, 4) is 0 Å². The van der Waals surface area contributed by atoms with Crippen LogP contribution < -0.4 is 26.8 Å². The molecule has 0 amide bonds. The molecule has 110 valence electrons. The van der Waals surface area contributed by atoms with Crippen LogP contribution in [-0.2, 0) is 0 Å². The first-order valence-corrected chi connectivity index (χ1v) is 12.0. The first-order chi connectivity index (χ1) is 11.2. The molecular weight excluding hydrogens is 311 g/mol. The summed E-state index contributed by atoms with van der Waals surface area (Å²) in [4.78, 5) is 2.87. The first kappa shape index (κ1) is 13.7. The van der Waals surface area contributed by atoms with Crippen molar-refractivity contribution in [2.45, 2.75) is 22.9 Å². The Kier molecular flexibility index (Phi) is 2.77. The maximum absolute atomic E-state index is 2.50. The van der Waals surface area contributed by atoms with Gasteiger partial charge in [-0.25, -0.2) is 0 Å². The predicted octanol–water partition coefficient (Wildman–Crippen LogP) is 1.80.